The highest BCUT2D eigenvalue weighted by Gasteiger charge is 2.07. The van der Waals surface area contributed by atoms with Crippen LogP contribution in [0.4, 0.5) is 0 Å². The van der Waals surface area contributed by atoms with Crippen LogP contribution in [0.15, 0.2) is 42.5 Å². The second-order valence-electron chi connectivity index (χ2n) is 4.30. The molecule has 0 spiro atoms. The molecule has 0 fully saturated rings. The Bertz CT molecular complexity index is 707. The standard InChI is InChI=1S/C16H13ClO4/c1-21-16-9-11(4-7-15(16)20)13(18)5-2-10-3-6-14(19)12(17)8-10/h2-9,19-20H,1H3/b5-2+. The van der Waals surface area contributed by atoms with Gasteiger partial charge in [0.15, 0.2) is 17.3 Å². The minimum Gasteiger partial charge on any atom is -0.506 e. The molecule has 5 heteroatoms. The van der Waals surface area contributed by atoms with Gasteiger partial charge in [0.2, 0.25) is 0 Å². The van der Waals surface area contributed by atoms with E-state index in [4.69, 9.17) is 16.3 Å². The molecule has 0 radical (unpaired) electrons. The van der Waals surface area contributed by atoms with E-state index in [0.29, 0.717) is 11.1 Å². The van der Waals surface area contributed by atoms with Gasteiger partial charge in [0.25, 0.3) is 0 Å². The highest BCUT2D eigenvalue weighted by molar-refractivity contribution is 6.32. The summed E-state index contributed by atoms with van der Waals surface area (Å²) in [5.41, 5.74) is 1.09. The third-order valence-electron chi connectivity index (χ3n) is 2.86. The van der Waals surface area contributed by atoms with E-state index in [9.17, 15) is 15.0 Å². The Labute approximate surface area is 126 Å². The van der Waals surface area contributed by atoms with Crippen LogP contribution < -0.4 is 4.74 Å². The number of phenols is 2. The molecule has 0 amide bonds. The van der Waals surface area contributed by atoms with E-state index in [2.05, 4.69) is 0 Å². The highest BCUT2D eigenvalue weighted by Crippen LogP contribution is 2.27. The summed E-state index contributed by atoms with van der Waals surface area (Å²) < 4.78 is 4.96. The van der Waals surface area contributed by atoms with Gasteiger partial charge < -0.3 is 14.9 Å². The zero-order valence-corrected chi connectivity index (χ0v) is 12.0. The van der Waals surface area contributed by atoms with Crippen molar-refractivity contribution >= 4 is 23.5 Å². The lowest BCUT2D eigenvalue weighted by Crippen LogP contribution is -1.95. The third kappa shape index (κ3) is 3.55. The van der Waals surface area contributed by atoms with E-state index in [-0.39, 0.29) is 28.1 Å². The highest BCUT2D eigenvalue weighted by atomic mass is 35.5. The van der Waals surface area contributed by atoms with E-state index >= 15 is 0 Å². The van der Waals surface area contributed by atoms with Gasteiger partial charge in [0, 0.05) is 5.56 Å². The Morgan fingerprint density at radius 1 is 1.14 bits per heavy atom. The number of aromatic hydroxyl groups is 2. The van der Waals surface area contributed by atoms with Gasteiger partial charge >= 0.3 is 0 Å². The van der Waals surface area contributed by atoms with E-state index < -0.39 is 0 Å². The number of phenolic OH excluding ortho intramolecular Hbond substituents is 2. The molecule has 2 aromatic carbocycles. The summed E-state index contributed by atoms with van der Waals surface area (Å²) >= 11 is 5.79. The lowest BCUT2D eigenvalue weighted by atomic mass is 10.1. The number of hydrogen-bond donors (Lipinski definition) is 2. The average molecular weight is 305 g/mol. The number of allylic oxidation sites excluding steroid dienone is 1. The molecule has 0 atom stereocenters. The SMILES string of the molecule is COc1cc(C(=O)/C=C/c2ccc(O)c(Cl)c2)ccc1O. The van der Waals surface area contributed by atoms with Gasteiger partial charge in [-0.3, -0.25) is 4.79 Å². The van der Waals surface area contributed by atoms with Gasteiger partial charge in [0.1, 0.15) is 5.75 Å². The zero-order valence-electron chi connectivity index (χ0n) is 11.2. The van der Waals surface area contributed by atoms with Crippen molar-refractivity contribution < 1.29 is 19.7 Å². The molecule has 2 aromatic rings. The molecule has 0 unspecified atom stereocenters. The minimum absolute atomic E-state index is 0.0107. The molecule has 0 saturated heterocycles. The number of methoxy groups -OCH3 is 1. The van der Waals surface area contributed by atoms with E-state index in [1.54, 1.807) is 18.2 Å². The van der Waals surface area contributed by atoms with E-state index in [1.807, 2.05) is 0 Å². The van der Waals surface area contributed by atoms with Gasteiger partial charge in [0.05, 0.1) is 12.1 Å². The van der Waals surface area contributed by atoms with Crippen LogP contribution in [0.25, 0.3) is 6.08 Å². The molecule has 108 valence electrons. The summed E-state index contributed by atoms with van der Waals surface area (Å²) in [6.07, 6.45) is 2.97. The third-order valence-corrected chi connectivity index (χ3v) is 3.17. The molecule has 4 nitrogen and oxygen atoms in total. The van der Waals surface area contributed by atoms with Crippen LogP contribution in [-0.2, 0) is 0 Å². The number of ether oxygens (including phenoxy) is 1. The summed E-state index contributed by atoms with van der Waals surface area (Å²) in [5.74, 6) is -0.0359. The van der Waals surface area contributed by atoms with Crippen molar-refractivity contribution in [3.05, 3.63) is 58.6 Å². The van der Waals surface area contributed by atoms with E-state index in [1.165, 1.54) is 37.5 Å². The molecule has 2 N–H and O–H groups in total. The van der Waals surface area contributed by atoms with Crippen LogP contribution in [0.1, 0.15) is 15.9 Å². The fourth-order valence-electron chi connectivity index (χ4n) is 1.73. The molecular weight excluding hydrogens is 292 g/mol. The Kier molecular flexibility index (Phi) is 4.50. The molecule has 0 heterocycles. The molecule has 0 aromatic heterocycles. The van der Waals surface area contributed by atoms with Gasteiger partial charge in [-0.25, -0.2) is 0 Å². The normalized spacial score (nSPS) is 10.8. The average Bonchev–Trinajstić information content (AvgIpc) is 2.48. The molecular formula is C16H13ClO4. The molecule has 0 saturated carbocycles. The van der Waals surface area contributed by atoms with Crippen LogP contribution in [0.3, 0.4) is 0 Å². The van der Waals surface area contributed by atoms with Crippen molar-refractivity contribution in [2.24, 2.45) is 0 Å². The first-order valence-electron chi connectivity index (χ1n) is 6.09. The van der Waals surface area contributed by atoms with E-state index in [0.717, 1.165) is 0 Å². The smallest absolute Gasteiger partial charge is 0.185 e. The Morgan fingerprint density at radius 3 is 2.52 bits per heavy atom. The second-order valence-corrected chi connectivity index (χ2v) is 4.70. The lowest BCUT2D eigenvalue weighted by Gasteiger charge is -2.04. The number of halogens is 1. The van der Waals surface area contributed by atoms with Crippen molar-refractivity contribution in [3.8, 4) is 17.2 Å². The first kappa shape index (κ1) is 14.9. The predicted octanol–water partition coefficient (Wildman–Crippen LogP) is 3.66. The zero-order chi connectivity index (χ0) is 15.4. The van der Waals surface area contributed by atoms with Crippen molar-refractivity contribution in [1.82, 2.24) is 0 Å². The van der Waals surface area contributed by atoms with Gasteiger partial charge in [-0.05, 0) is 42.0 Å². The van der Waals surface area contributed by atoms with Crippen LogP contribution in [-0.4, -0.2) is 23.1 Å². The summed E-state index contributed by atoms with van der Waals surface area (Å²) in [4.78, 5) is 12.0. The maximum absolute atomic E-state index is 12.0. The number of hydrogen-bond acceptors (Lipinski definition) is 4. The molecule has 0 bridgehead atoms. The predicted molar refractivity (Wildman–Crippen MR) is 81.1 cm³/mol. The quantitative estimate of drug-likeness (QED) is 0.668. The molecule has 0 aliphatic heterocycles. The van der Waals surface area contributed by atoms with Crippen molar-refractivity contribution in [1.29, 1.82) is 0 Å². The Hall–Kier alpha value is -2.46. The number of rotatable bonds is 4. The topological polar surface area (TPSA) is 66.8 Å². The minimum atomic E-state index is -0.238. The fourth-order valence-corrected chi connectivity index (χ4v) is 1.91. The fraction of sp³-hybridized carbons (Fsp3) is 0.0625. The van der Waals surface area contributed by atoms with Crippen LogP contribution >= 0.6 is 11.6 Å². The molecule has 0 aliphatic rings. The first-order valence-corrected chi connectivity index (χ1v) is 6.47. The van der Waals surface area contributed by atoms with Gasteiger partial charge in [-0.15, -0.1) is 0 Å². The van der Waals surface area contributed by atoms with Crippen LogP contribution in [0, 0.1) is 0 Å². The molecule has 21 heavy (non-hydrogen) atoms. The Balaban J connectivity index is 2.20. The number of carbonyl (C=O) groups is 1. The number of carbonyl (C=O) groups excluding carboxylic acids is 1. The molecule has 0 aliphatic carbocycles. The van der Waals surface area contributed by atoms with Crippen molar-refractivity contribution in [3.63, 3.8) is 0 Å². The number of benzene rings is 2. The van der Waals surface area contributed by atoms with Crippen LogP contribution in [0.2, 0.25) is 5.02 Å². The van der Waals surface area contributed by atoms with Crippen LogP contribution in [0.5, 0.6) is 17.2 Å². The summed E-state index contributed by atoms with van der Waals surface area (Å²) in [5, 5.41) is 19.0. The molecule has 2 rings (SSSR count). The lowest BCUT2D eigenvalue weighted by molar-refractivity contribution is 0.104. The largest absolute Gasteiger partial charge is 0.506 e. The monoisotopic (exact) mass is 304 g/mol. The van der Waals surface area contributed by atoms with Crippen molar-refractivity contribution in [2.45, 2.75) is 0 Å². The summed E-state index contributed by atoms with van der Waals surface area (Å²) in [7, 11) is 1.41. The maximum atomic E-state index is 12.0. The first-order chi connectivity index (χ1) is 10.0. The second kappa shape index (κ2) is 6.33. The summed E-state index contributed by atoms with van der Waals surface area (Å²) in [6, 6.07) is 9.02. The van der Waals surface area contributed by atoms with Gasteiger partial charge in [-0.2, -0.15) is 0 Å². The summed E-state index contributed by atoms with van der Waals surface area (Å²) in [6.45, 7) is 0. The number of ketones is 1. The van der Waals surface area contributed by atoms with Gasteiger partial charge in [-0.1, -0.05) is 23.7 Å². The Morgan fingerprint density at radius 2 is 1.86 bits per heavy atom. The van der Waals surface area contributed by atoms with Crippen molar-refractivity contribution in [2.75, 3.05) is 7.11 Å². The maximum Gasteiger partial charge on any atom is 0.185 e.